The summed E-state index contributed by atoms with van der Waals surface area (Å²) >= 11 is 0. The molecule has 1 amide bonds. The Morgan fingerprint density at radius 2 is 2.05 bits per heavy atom. The molecule has 2 rings (SSSR count). The highest BCUT2D eigenvalue weighted by molar-refractivity contribution is 6.07. The van der Waals surface area contributed by atoms with Crippen molar-refractivity contribution < 1.29 is 13.6 Å². The second-order valence-corrected chi connectivity index (χ2v) is 4.01. The SMILES string of the molecule is CCNc1ncccc1C(=O)Nc1ccc(F)c(F)c1. The van der Waals surface area contributed by atoms with Gasteiger partial charge in [-0.1, -0.05) is 0 Å². The van der Waals surface area contributed by atoms with Gasteiger partial charge >= 0.3 is 0 Å². The third-order valence-corrected chi connectivity index (χ3v) is 2.57. The molecule has 0 bridgehead atoms. The maximum Gasteiger partial charge on any atom is 0.259 e. The first-order valence-corrected chi connectivity index (χ1v) is 6.07. The number of carbonyl (C=O) groups excluding carboxylic acids is 1. The van der Waals surface area contributed by atoms with Crippen molar-refractivity contribution in [1.29, 1.82) is 0 Å². The molecule has 0 fully saturated rings. The van der Waals surface area contributed by atoms with Crippen molar-refractivity contribution in [2.45, 2.75) is 6.92 Å². The van der Waals surface area contributed by atoms with Crippen LogP contribution in [0.25, 0.3) is 0 Å². The molecule has 0 aliphatic rings. The number of carbonyl (C=O) groups is 1. The first kappa shape index (κ1) is 13.9. The lowest BCUT2D eigenvalue weighted by Crippen LogP contribution is -2.15. The molecule has 104 valence electrons. The highest BCUT2D eigenvalue weighted by atomic mass is 19.2. The van der Waals surface area contributed by atoms with E-state index in [4.69, 9.17) is 0 Å². The minimum absolute atomic E-state index is 0.181. The number of anilines is 2. The zero-order chi connectivity index (χ0) is 14.5. The number of pyridine rings is 1. The van der Waals surface area contributed by atoms with Crippen molar-refractivity contribution in [3.63, 3.8) is 0 Å². The van der Waals surface area contributed by atoms with Gasteiger partial charge in [0.1, 0.15) is 5.82 Å². The molecule has 0 radical (unpaired) electrons. The number of hydrogen-bond donors (Lipinski definition) is 2. The lowest BCUT2D eigenvalue weighted by atomic mass is 10.2. The summed E-state index contributed by atoms with van der Waals surface area (Å²) < 4.78 is 25.9. The van der Waals surface area contributed by atoms with E-state index in [2.05, 4.69) is 15.6 Å². The van der Waals surface area contributed by atoms with Gasteiger partial charge in [-0.15, -0.1) is 0 Å². The van der Waals surface area contributed by atoms with Crippen LogP contribution in [0.3, 0.4) is 0 Å². The molecule has 6 heteroatoms. The van der Waals surface area contributed by atoms with Gasteiger partial charge in [-0.2, -0.15) is 0 Å². The van der Waals surface area contributed by atoms with Gasteiger partial charge < -0.3 is 10.6 Å². The molecule has 0 aliphatic carbocycles. The number of benzene rings is 1. The third kappa shape index (κ3) is 3.09. The number of nitrogens with one attached hydrogen (secondary N) is 2. The fraction of sp³-hybridized carbons (Fsp3) is 0.143. The first-order valence-electron chi connectivity index (χ1n) is 6.07. The summed E-state index contributed by atoms with van der Waals surface area (Å²) in [4.78, 5) is 16.2. The van der Waals surface area contributed by atoms with Crippen molar-refractivity contribution >= 4 is 17.4 Å². The van der Waals surface area contributed by atoms with Gasteiger partial charge in [0.25, 0.3) is 5.91 Å². The Kier molecular flexibility index (Phi) is 4.24. The van der Waals surface area contributed by atoms with Crippen LogP contribution in [0, 0.1) is 11.6 Å². The lowest BCUT2D eigenvalue weighted by molar-refractivity contribution is 0.102. The Morgan fingerprint density at radius 3 is 2.75 bits per heavy atom. The minimum Gasteiger partial charge on any atom is -0.370 e. The van der Waals surface area contributed by atoms with Crippen LogP contribution >= 0.6 is 0 Å². The molecule has 1 aromatic heterocycles. The molecule has 0 unspecified atom stereocenters. The normalized spacial score (nSPS) is 10.2. The van der Waals surface area contributed by atoms with E-state index in [9.17, 15) is 13.6 Å². The summed E-state index contributed by atoms with van der Waals surface area (Å²) in [6.07, 6.45) is 1.56. The highest BCUT2D eigenvalue weighted by Crippen LogP contribution is 2.17. The molecule has 4 nitrogen and oxygen atoms in total. The summed E-state index contributed by atoms with van der Waals surface area (Å²) in [5, 5.41) is 5.46. The van der Waals surface area contributed by atoms with Crippen LogP contribution in [0.4, 0.5) is 20.3 Å². The van der Waals surface area contributed by atoms with Crippen molar-refractivity contribution in [3.05, 3.63) is 53.7 Å². The third-order valence-electron chi connectivity index (χ3n) is 2.57. The van der Waals surface area contributed by atoms with Crippen LogP contribution in [-0.2, 0) is 0 Å². The van der Waals surface area contributed by atoms with Gasteiger partial charge in [0, 0.05) is 24.5 Å². The van der Waals surface area contributed by atoms with Gasteiger partial charge in [0.2, 0.25) is 0 Å². The fourth-order valence-corrected chi connectivity index (χ4v) is 1.67. The smallest absolute Gasteiger partial charge is 0.259 e. The summed E-state index contributed by atoms with van der Waals surface area (Å²) in [6.45, 7) is 2.49. The molecule has 2 N–H and O–H groups in total. The van der Waals surface area contributed by atoms with E-state index in [1.807, 2.05) is 6.92 Å². The van der Waals surface area contributed by atoms with E-state index in [-0.39, 0.29) is 5.69 Å². The molecule has 1 heterocycles. The van der Waals surface area contributed by atoms with Crippen molar-refractivity contribution in [1.82, 2.24) is 4.98 Å². The van der Waals surface area contributed by atoms with Gasteiger partial charge in [-0.3, -0.25) is 4.79 Å². The van der Waals surface area contributed by atoms with Crippen molar-refractivity contribution in [3.8, 4) is 0 Å². The van der Waals surface area contributed by atoms with Crippen LogP contribution in [0.1, 0.15) is 17.3 Å². The van der Waals surface area contributed by atoms with Crippen LogP contribution in [0.2, 0.25) is 0 Å². The average molecular weight is 277 g/mol. The van der Waals surface area contributed by atoms with Gasteiger partial charge in [0.15, 0.2) is 11.6 Å². The largest absolute Gasteiger partial charge is 0.370 e. The van der Waals surface area contributed by atoms with Gasteiger partial charge in [-0.25, -0.2) is 13.8 Å². The topological polar surface area (TPSA) is 54.0 Å². The van der Waals surface area contributed by atoms with Crippen molar-refractivity contribution in [2.75, 3.05) is 17.2 Å². The molecule has 0 saturated carbocycles. The van der Waals surface area contributed by atoms with E-state index in [0.29, 0.717) is 17.9 Å². The summed E-state index contributed by atoms with van der Waals surface area (Å²) in [5.41, 5.74) is 0.513. The average Bonchev–Trinajstić information content (AvgIpc) is 2.44. The number of hydrogen-bond acceptors (Lipinski definition) is 3. The number of rotatable bonds is 4. The second-order valence-electron chi connectivity index (χ2n) is 4.01. The van der Waals surface area contributed by atoms with E-state index >= 15 is 0 Å². The predicted octanol–water partition coefficient (Wildman–Crippen LogP) is 3.04. The van der Waals surface area contributed by atoms with E-state index < -0.39 is 17.5 Å². The maximum atomic E-state index is 13.1. The van der Waals surface area contributed by atoms with Gasteiger partial charge in [0.05, 0.1) is 5.56 Å². The standard InChI is InChI=1S/C14H13F2N3O/c1-2-17-13-10(4-3-7-18-13)14(20)19-9-5-6-11(15)12(16)8-9/h3-8H,2H2,1H3,(H,17,18)(H,19,20). The zero-order valence-electron chi connectivity index (χ0n) is 10.8. The van der Waals surface area contributed by atoms with E-state index in [1.54, 1.807) is 18.3 Å². The van der Waals surface area contributed by atoms with Gasteiger partial charge in [-0.05, 0) is 31.2 Å². The Bertz CT molecular complexity index is 632. The number of aromatic nitrogens is 1. The summed E-state index contributed by atoms with van der Waals surface area (Å²) in [5.74, 6) is -1.98. The molecular formula is C14H13F2N3O. The Hall–Kier alpha value is -2.50. The molecule has 0 atom stereocenters. The number of amides is 1. The fourth-order valence-electron chi connectivity index (χ4n) is 1.67. The molecular weight excluding hydrogens is 264 g/mol. The minimum atomic E-state index is -1.01. The second kappa shape index (κ2) is 6.10. The van der Waals surface area contributed by atoms with Crippen LogP contribution < -0.4 is 10.6 Å². The molecule has 1 aromatic carbocycles. The van der Waals surface area contributed by atoms with E-state index in [0.717, 1.165) is 12.1 Å². The molecule has 2 aromatic rings. The monoisotopic (exact) mass is 277 g/mol. The Balaban J connectivity index is 2.21. The lowest BCUT2D eigenvalue weighted by Gasteiger charge is -2.10. The Morgan fingerprint density at radius 1 is 1.25 bits per heavy atom. The van der Waals surface area contributed by atoms with Crippen LogP contribution in [0.5, 0.6) is 0 Å². The molecule has 0 saturated heterocycles. The van der Waals surface area contributed by atoms with Crippen LogP contribution in [-0.4, -0.2) is 17.4 Å². The molecule has 0 aliphatic heterocycles. The molecule has 20 heavy (non-hydrogen) atoms. The number of halogens is 2. The van der Waals surface area contributed by atoms with Crippen LogP contribution in [0.15, 0.2) is 36.5 Å². The quantitative estimate of drug-likeness (QED) is 0.903. The maximum absolute atomic E-state index is 13.1. The summed E-state index contributed by atoms with van der Waals surface area (Å²) in [6, 6.07) is 6.40. The first-order chi connectivity index (χ1) is 9.61. The van der Waals surface area contributed by atoms with E-state index in [1.165, 1.54) is 6.07 Å². The van der Waals surface area contributed by atoms with Crippen molar-refractivity contribution in [2.24, 2.45) is 0 Å². The predicted molar refractivity (Wildman–Crippen MR) is 72.7 cm³/mol. The highest BCUT2D eigenvalue weighted by Gasteiger charge is 2.12. The molecule has 0 spiro atoms. The Labute approximate surface area is 114 Å². The summed E-state index contributed by atoms with van der Waals surface area (Å²) in [7, 11) is 0. The number of nitrogens with zero attached hydrogens (tertiary/aromatic N) is 1. The zero-order valence-corrected chi connectivity index (χ0v) is 10.8.